The Kier molecular flexibility index (Phi) is 9.51. The lowest BCUT2D eigenvalue weighted by molar-refractivity contribution is -0.121. The van der Waals surface area contributed by atoms with Crippen molar-refractivity contribution in [3.63, 3.8) is 0 Å². The highest BCUT2D eigenvalue weighted by Gasteiger charge is 2.13. The van der Waals surface area contributed by atoms with Crippen LogP contribution in [0.5, 0.6) is 5.75 Å². The van der Waals surface area contributed by atoms with Gasteiger partial charge in [0.25, 0.3) is 0 Å². The van der Waals surface area contributed by atoms with Gasteiger partial charge in [0, 0.05) is 44.0 Å². The van der Waals surface area contributed by atoms with Crippen LogP contribution in [0.4, 0.5) is 5.69 Å². The van der Waals surface area contributed by atoms with Gasteiger partial charge in [0.05, 0.1) is 6.61 Å². The number of hydrogen-bond donors (Lipinski definition) is 3. The third-order valence-corrected chi connectivity index (χ3v) is 3.10. The maximum absolute atomic E-state index is 11.9. The molecule has 0 spiro atoms. The molecule has 0 aromatic heterocycles. The molecule has 1 amide bonds. The SMILES string of the molecule is CCNC(=NCC(=O)NC(C)(C)C)Nc1cccc(OCCCOC)c1. The van der Waals surface area contributed by atoms with Crippen LogP contribution >= 0.6 is 0 Å². The van der Waals surface area contributed by atoms with Gasteiger partial charge in [0.1, 0.15) is 12.3 Å². The van der Waals surface area contributed by atoms with Gasteiger partial charge in [-0.2, -0.15) is 0 Å². The summed E-state index contributed by atoms with van der Waals surface area (Å²) in [7, 11) is 1.67. The first-order valence-electron chi connectivity index (χ1n) is 8.92. The van der Waals surface area contributed by atoms with Crippen LogP contribution in [0.15, 0.2) is 29.3 Å². The van der Waals surface area contributed by atoms with E-state index in [1.165, 1.54) is 0 Å². The molecule has 0 bridgehead atoms. The largest absolute Gasteiger partial charge is 0.493 e. The van der Waals surface area contributed by atoms with E-state index in [2.05, 4.69) is 20.9 Å². The average Bonchev–Trinajstić information content (AvgIpc) is 2.56. The molecule has 0 atom stereocenters. The van der Waals surface area contributed by atoms with E-state index in [0.29, 0.717) is 25.7 Å². The molecule has 1 rings (SSSR count). The minimum Gasteiger partial charge on any atom is -0.493 e. The Hall–Kier alpha value is -2.28. The maximum Gasteiger partial charge on any atom is 0.242 e. The molecule has 0 aliphatic rings. The van der Waals surface area contributed by atoms with Crippen LogP contribution in [-0.2, 0) is 9.53 Å². The van der Waals surface area contributed by atoms with Crippen LogP contribution in [-0.4, -0.2) is 50.8 Å². The highest BCUT2D eigenvalue weighted by molar-refractivity contribution is 5.95. The van der Waals surface area contributed by atoms with Crippen molar-refractivity contribution in [1.82, 2.24) is 10.6 Å². The van der Waals surface area contributed by atoms with Gasteiger partial charge in [-0.25, -0.2) is 4.99 Å². The predicted octanol–water partition coefficient (Wildman–Crippen LogP) is 2.39. The first-order chi connectivity index (χ1) is 12.3. The van der Waals surface area contributed by atoms with Gasteiger partial charge in [-0.1, -0.05) is 6.07 Å². The average molecular weight is 364 g/mol. The minimum atomic E-state index is -0.271. The van der Waals surface area contributed by atoms with Crippen molar-refractivity contribution in [3.8, 4) is 5.75 Å². The highest BCUT2D eigenvalue weighted by Crippen LogP contribution is 2.17. The molecule has 26 heavy (non-hydrogen) atoms. The lowest BCUT2D eigenvalue weighted by Gasteiger charge is -2.20. The number of ether oxygens (including phenoxy) is 2. The van der Waals surface area contributed by atoms with E-state index in [9.17, 15) is 4.79 Å². The zero-order valence-corrected chi connectivity index (χ0v) is 16.5. The maximum atomic E-state index is 11.9. The Bertz CT molecular complexity index is 582. The lowest BCUT2D eigenvalue weighted by atomic mass is 10.1. The van der Waals surface area contributed by atoms with E-state index < -0.39 is 0 Å². The fourth-order valence-electron chi connectivity index (χ4n) is 2.11. The van der Waals surface area contributed by atoms with Crippen molar-refractivity contribution in [2.45, 2.75) is 39.7 Å². The number of rotatable bonds is 9. The molecule has 0 aliphatic carbocycles. The number of hydrogen-bond acceptors (Lipinski definition) is 4. The molecule has 7 nitrogen and oxygen atoms in total. The first kappa shape index (κ1) is 21.8. The smallest absolute Gasteiger partial charge is 0.242 e. The number of carbonyl (C=O) groups is 1. The van der Waals surface area contributed by atoms with Crippen molar-refractivity contribution in [1.29, 1.82) is 0 Å². The van der Waals surface area contributed by atoms with E-state index in [1.807, 2.05) is 52.0 Å². The summed E-state index contributed by atoms with van der Waals surface area (Å²) in [5, 5.41) is 9.22. The number of aliphatic imine (C=N–C) groups is 1. The van der Waals surface area contributed by atoms with Crippen LogP contribution in [0.2, 0.25) is 0 Å². The topological polar surface area (TPSA) is 84.0 Å². The summed E-state index contributed by atoms with van der Waals surface area (Å²) >= 11 is 0. The number of guanidine groups is 1. The van der Waals surface area contributed by atoms with Crippen molar-refractivity contribution < 1.29 is 14.3 Å². The second-order valence-corrected chi connectivity index (χ2v) is 6.84. The molecule has 1 aromatic carbocycles. The van der Waals surface area contributed by atoms with E-state index in [4.69, 9.17) is 9.47 Å². The van der Waals surface area contributed by atoms with Gasteiger partial charge in [0.2, 0.25) is 5.91 Å². The standard InChI is InChI=1S/C19H32N4O3/c1-6-20-18(21-14-17(24)23-19(2,3)4)22-15-9-7-10-16(13-15)26-12-8-11-25-5/h7,9-10,13H,6,8,11-12,14H2,1-5H3,(H,23,24)(H2,20,21,22). The highest BCUT2D eigenvalue weighted by atomic mass is 16.5. The van der Waals surface area contributed by atoms with Gasteiger partial charge in [-0.15, -0.1) is 0 Å². The summed E-state index contributed by atoms with van der Waals surface area (Å²) in [4.78, 5) is 16.3. The quantitative estimate of drug-likeness (QED) is 0.356. The Morgan fingerprint density at radius 2 is 2.00 bits per heavy atom. The third kappa shape index (κ3) is 9.88. The summed E-state index contributed by atoms with van der Waals surface area (Å²) in [6, 6.07) is 7.63. The number of amides is 1. The molecule has 0 fully saturated rings. The Morgan fingerprint density at radius 1 is 1.23 bits per heavy atom. The molecular weight excluding hydrogens is 332 g/mol. The Balaban J connectivity index is 2.65. The van der Waals surface area contributed by atoms with Gasteiger partial charge in [-0.05, 0) is 39.8 Å². The second-order valence-electron chi connectivity index (χ2n) is 6.84. The van der Waals surface area contributed by atoms with Crippen LogP contribution in [0.1, 0.15) is 34.1 Å². The van der Waals surface area contributed by atoms with E-state index in [0.717, 1.165) is 17.9 Å². The number of nitrogens with zero attached hydrogens (tertiary/aromatic N) is 1. The van der Waals surface area contributed by atoms with Crippen LogP contribution in [0, 0.1) is 0 Å². The summed E-state index contributed by atoms with van der Waals surface area (Å²) in [6.45, 7) is 9.81. The summed E-state index contributed by atoms with van der Waals surface area (Å²) < 4.78 is 10.7. The molecule has 0 aliphatic heterocycles. The number of anilines is 1. The monoisotopic (exact) mass is 364 g/mol. The van der Waals surface area contributed by atoms with Crippen molar-refractivity contribution in [2.75, 3.05) is 38.7 Å². The summed E-state index contributed by atoms with van der Waals surface area (Å²) in [6.07, 6.45) is 0.834. The fourth-order valence-corrected chi connectivity index (χ4v) is 2.11. The third-order valence-electron chi connectivity index (χ3n) is 3.10. The Labute approximate surface area is 156 Å². The molecule has 0 heterocycles. The van der Waals surface area contributed by atoms with Crippen molar-refractivity contribution in [2.24, 2.45) is 4.99 Å². The predicted molar refractivity (Wildman–Crippen MR) is 106 cm³/mol. The molecule has 7 heteroatoms. The fraction of sp³-hybridized carbons (Fsp3) is 0.579. The van der Waals surface area contributed by atoms with E-state index >= 15 is 0 Å². The van der Waals surface area contributed by atoms with Crippen molar-refractivity contribution >= 4 is 17.6 Å². The molecular formula is C19H32N4O3. The normalized spacial score (nSPS) is 11.8. The number of nitrogens with one attached hydrogen (secondary N) is 3. The molecule has 0 radical (unpaired) electrons. The molecule has 0 saturated carbocycles. The van der Waals surface area contributed by atoms with Gasteiger partial charge in [-0.3, -0.25) is 4.79 Å². The first-order valence-corrected chi connectivity index (χ1v) is 8.92. The van der Waals surface area contributed by atoms with Crippen LogP contribution in [0.3, 0.4) is 0 Å². The van der Waals surface area contributed by atoms with E-state index in [1.54, 1.807) is 7.11 Å². The van der Waals surface area contributed by atoms with Gasteiger partial charge in [0.15, 0.2) is 5.96 Å². The summed E-state index contributed by atoms with van der Waals surface area (Å²) in [5.74, 6) is 1.20. The van der Waals surface area contributed by atoms with Crippen LogP contribution < -0.4 is 20.7 Å². The zero-order valence-electron chi connectivity index (χ0n) is 16.5. The van der Waals surface area contributed by atoms with Gasteiger partial charge >= 0.3 is 0 Å². The lowest BCUT2D eigenvalue weighted by Crippen LogP contribution is -2.42. The molecule has 1 aromatic rings. The van der Waals surface area contributed by atoms with E-state index in [-0.39, 0.29) is 18.0 Å². The number of carbonyl (C=O) groups excluding carboxylic acids is 1. The van der Waals surface area contributed by atoms with Crippen molar-refractivity contribution in [3.05, 3.63) is 24.3 Å². The number of benzene rings is 1. The Morgan fingerprint density at radius 3 is 2.65 bits per heavy atom. The molecule has 0 saturated heterocycles. The zero-order chi connectivity index (χ0) is 19.4. The molecule has 3 N–H and O–H groups in total. The summed E-state index contributed by atoms with van der Waals surface area (Å²) in [5.41, 5.74) is 0.567. The molecule has 0 unspecified atom stereocenters. The second kappa shape index (κ2) is 11.4. The van der Waals surface area contributed by atoms with Gasteiger partial charge < -0.3 is 25.4 Å². The molecule has 146 valence electrons. The minimum absolute atomic E-state index is 0.0554. The van der Waals surface area contributed by atoms with Crippen LogP contribution in [0.25, 0.3) is 0 Å². The number of methoxy groups -OCH3 is 1.